The number of carbonyl (C=O) groups is 2. The Bertz CT molecular complexity index is 926. The van der Waals surface area contributed by atoms with E-state index in [1.54, 1.807) is 0 Å². The first-order valence-corrected chi connectivity index (χ1v) is 22.4. The molecule has 0 radical (unpaired) electrons. The summed E-state index contributed by atoms with van der Waals surface area (Å²) in [6, 6.07) is -0.711. The van der Waals surface area contributed by atoms with Gasteiger partial charge in [-0.2, -0.15) is 0 Å². The monoisotopic (exact) mass is 744 g/mol. The van der Waals surface area contributed by atoms with E-state index in [-0.39, 0.29) is 24.9 Å². The number of ether oxygens (including phenoxy) is 1. The molecule has 3 N–H and O–H groups in total. The zero-order valence-corrected chi connectivity index (χ0v) is 34.9. The van der Waals surface area contributed by atoms with Gasteiger partial charge in [0.1, 0.15) is 6.10 Å². The molecular weight excluding hydrogens is 659 g/mol. The molecule has 308 valence electrons. The molecule has 0 aromatic carbocycles. The van der Waals surface area contributed by atoms with E-state index in [9.17, 15) is 19.8 Å². The SMILES string of the molecule is CC/C=C/C/C=C/C/C=C/CCCCCCC(=O)OC(CCC/C=C\CCCCCCCC)CC(=O)NC(CO)C(O)CCCCCCCCCCC. The number of hydrogen-bond acceptors (Lipinski definition) is 5. The molecular formula is C47H85NO5. The molecule has 1 amide bonds. The van der Waals surface area contributed by atoms with Gasteiger partial charge in [0.25, 0.3) is 0 Å². The first-order chi connectivity index (χ1) is 26.0. The third-order valence-electron chi connectivity index (χ3n) is 9.89. The van der Waals surface area contributed by atoms with E-state index in [0.29, 0.717) is 19.3 Å². The maximum atomic E-state index is 13.1. The number of esters is 1. The smallest absolute Gasteiger partial charge is 0.306 e. The van der Waals surface area contributed by atoms with Crippen molar-refractivity contribution in [2.45, 2.75) is 232 Å². The summed E-state index contributed by atoms with van der Waals surface area (Å²) in [6.07, 6.45) is 47.5. The van der Waals surface area contributed by atoms with Crippen molar-refractivity contribution >= 4 is 11.9 Å². The highest BCUT2D eigenvalue weighted by molar-refractivity contribution is 5.77. The van der Waals surface area contributed by atoms with Crippen molar-refractivity contribution in [1.82, 2.24) is 5.32 Å². The number of rotatable bonds is 39. The average molecular weight is 744 g/mol. The normalized spacial score (nSPS) is 13.8. The number of nitrogens with one attached hydrogen (secondary N) is 1. The van der Waals surface area contributed by atoms with E-state index in [0.717, 1.165) is 89.9 Å². The topological polar surface area (TPSA) is 95.9 Å². The number of aliphatic hydroxyl groups excluding tert-OH is 2. The number of carbonyl (C=O) groups excluding carboxylic acids is 2. The molecule has 3 atom stereocenters. The fourth-order valence-corrected chi connectivity index (χ4v) is 6.50. The molecule has 6 heteroatoms. The van der Waals surface area contributed by atoms with Gasteiger partial charge in [0.2, 0.25) is 5.91 Å². The van der Waals surface area contributed by atoms with Gasteiger partial charge in [-0.15, -0.1) is 0 Å². The van der Waals surface area contributed by atoms with Crippen molar-refractivity contribution < 1.29 is 24.5 Å². The Morgan fingerprint density at radius 3 is 1.60 bits per heavy atom. The molecule has 0 aromatic rings. The van der Waals surface area contributed by atoms with Crippen LogP contribution < -0.4 is 5.32 Å². The van der Waals surface area contributed by atoms with Crippen molar-refractivity contribution in [2.75, 3.05) is 6.61 Å². The molecule has 53 heavy (non-hydrogen) atoms. The first-order valence-electron chi connectivity index (χ1n) is 22.4. The van der Waals surface area contributed by atoms with Gasteiger partial charge in [-0.05, 0) is 77.0 Å². The molecule has 0 saturated heterocycles. The van der Waals surface area contributed by atoms with Crippen LogP contribution in [0.15, 0.2) is 48.6 Å². The van der Waals surface area contributed by atoms with E-state index in [2.05, 4.69) is 74.7 Å². The molecule has 3 unspecified atom stereocenters. The van der Waals surface area contributed by atoms with Crippen molar-refractivity contribution in [1.29, 1.82) is 0 Å². The molecule has 0 heterocycles. The van der Waals surface area contributed by atoms with Crippen LogP contribution in [0.4, 0.5) is 0 Å². The van der Waals surface area contributed by atoms with Crippen molar-refractivity contribution in [3.8, 4) is 0 Å². The minimum atomic E-state index is -0.795. The highest BCUT2D eigenvalue weighted by Crippen LogP contribution is 2.16. The van der Waals surface area contributed by atoms with Crippen LogP contribution in [0.5, 0.6) is 0 Å². The van der Waals surface area contributed by atoms with Crippen LogP contribution in [-0.4, -0.2) is 46.9 Å². The Kier molecular flexibility index (Phi) is 39.3. The number of unbranched alkanes of at least 4 members (excludes halogenated alkanes) is 19. The molecule has 0 bridgehead atoms. The standard InChI is InChI=1S/C47H85NO5/c1-4-7-10-13-16-19-21-22-23-25-28-31-34-37-40-47(52)53-43(38-35-32-29-27-24-20-17-14-11-8-5-2)41-46(51)48-44(42-49)45(50)39-36-33-30-26-18-15-12-9-6-3/h7,10,16,19,22-23,27,29,43-45,49-50H,4-6,8-9,11-15,17-18,20-21,24-26,28,30-42H2,1-3H3,(H,48,51)/b10-7+,19-16+,23-22+,29-27-. The van der Waals surface area contributed by atoms with Crippen LogP contribution >= 0.6 is 0 Å². The van der Waals surface area contributed by atoms with E-state index >= 15 is 0 Å². The lowest BCUT2D eigenvalue weighted by atomic mass is 10.0. The Balaban J connectivity index is 4.66. The highest BCUT2D eigenvalue weighted by Gasteiger charge is 2.24. The lowest BCUT2D eigenvalue weighted by Crippen LogP contribution is -2.46. The minimum Gasteiger partial charge on any atom is -0.462 e. The number of hydrogen-bond donors (Lipinski definition) is 3. The number of aliphatic hydroxyl groups is 2. The summed E-state index contributed by atoms with van der Waals surface area (Å²) in [5, 5.41) is 23.5. The van der Waals surface area contributed by atoms with E-state index < -0.39 is 18.2 Å². The van der Waals surface area contributed by atoms with Gasteiger partial charge in [0.05, 0.1) is 25.2 Å². The molecule has 0 aliphatic carbocycles. The molecule has 0 aromatic heterocycles. The summed E-state index contributed by atoms with van der Waals surface area (Å²) in [6.45, 7) is 6.31. The van der Waals surface area contributed by atoms with Gasteiger partial charge in [-0.25, -0.2) is 0 Å². The maximum absolute atomic E-state index is 13.1. The minimum absolute atomic E-state index is 0.0471. The lowest BCUT2D eigenvalue weighted by Gasteiger charge is -2.24. The average Bonchev–Trinajstić information content (AvgIpc) is 3.15. The molecule has 0 fully saturated rings. The zero-order chi connectivity index (χ0) is 38.9. The number of amides is 1. The fraction of sp³-hybridized carbons (Fsp3) is 0.787. The second-order valence-corrected chi connectivity index (χ2v) is 15.1. The molecule has 0 aliphatic rings. The largest absolute Gasteiger partial charge is 0.462 e. The number of allylic oxidation sites excluding steroid dienone is 8. The third kappa shape index (κ3) is 36.6. The summed E-state index contributed by atoms with van der Waals surface area (Å²) in [5.41, 5.74) is 0. The predicted octanol–water partition coefficient (Wildman–Crippen LogP) is 12.7. The van der Waals surface area contributed by atoms with Gasteiger partial charge in [0.15, 0.2) is 0 Å². The van der Waals surface area contributed by atoms with E-state index in [1.807, 2.05) is 0 Å². The lowest BCUT2D eigenvalue weighted by molar-refractivity contribution is -0.151. The van der Waals surface area contributed by atoms with Gasteiger partial charge in [-0.3, -0.25) is 9.59 Å². The summed E-state index contributed by atoms with van der Waals surface area (Å²) in [4.78, 5) is 25.9. The Morgan fingerprint density at radius 1 is 0.566 bits per heavy atom. The van der Waals surface area contributed by atoms with Gasteiger partial charge in [-0.1, -0.05) is 172 Å². The Hall–Kier alpha value is -2.18. The summed E-state index contributed by atoms with van der Waals surface area (Å²) >= 11 is 0. The van der Waals surface area contributed by atoms with E-state index in [1.165, 1.54) is 77.0 Å². The zero-order valence-electron chi connectivity index (χ0n) is 34.9. The van der Waals surface area contributed by atoms with Gasteiger partial charge in [0, 0.05) is 6.42 Å². The summed E-state index contributed by atoms with van der Waals surface area (Å²) < 4.78 is 5.86. The summed E-state index contributed by atoms with van der Waals surface area (Å²) in [7, 11) is 0. The van der Waals surface area contributed by atoms with Crippen LogP contribution in [0.1, 0.15) is 213 Å². The quantitative estimate of drug-likeness (QED) is 0.0331. The van der Waals surface area contributed by atoms with Gasteiger partial charge >= 0.3 is 5.97 Å². The molecule has 6 nitrogen and oxygen atoms in total. The third-order valence-corrected chi connectivity index (χ3v) is 9.89. The second kappa shape index (κ2) is 41.0. The van der Waals surface area contributed by atoms with Gasteiger partial charge < -0.3 is 20.3 Å². The molecule has 0 spiro atoms. The molecule has 0 rings (SSSR count). The van der Waals surface area contributed by atoms with Crippen LogP contribution in [0.25, 0.3) is 0 Å². The maximum Gasteiger partial charge on any atom is 0.306 e. The van der Waals surface area contributed by atoms with E-state index in [4.69, 9.17) is 4.74 Å². The Labute approximate surface area is 327 Å². The molecule has 0 aliphatic heterocycles. The van der Waals surface area contributed by atoms with Crippen molar-refractivity contribution in [3.05, 3.63) is 48.6 Å². The first kappa shape index (κ1) is 50.8. The predicted molar refractivity (Wildman–Crippen MR) is 227 cm³/mol. The van der Waals surface area contributed by atoms with Crippen molar-refractivity contribution in [2.24, 2.45) is 0 Å². The highest BCUT2D eigenvalue weighted by atomic mass is 16.5. The van der Waals surface area contributed by atoms with Crippen molar-refractivity contribution in [3.63, 3.8) is 0 Å². The fourth-order valence-electron chi connectivity index (χ4n) is 6.50. The second-order valence-electron chi connectivity index (χ2n) is 15.1. The van der Waals surface area contributed by atoms with Crippen LogP contribution in [0.3, 0.4) is 0 Å². The van der Waals surface area contributed by atoms with Crippen LogP contribution in [0, 0.1) is 0 Å². The van der Waals surface area contributed by atoms with Crippen LogP contribution in [-0.2, 0) is 14.3 Å². The molecule has 0 saturated carbocycles. The van der Waals surface area contributed by atoms with Crippen LogP contribution in [0.2, 0.25) is 0 Å². The Morgan fingerprint density at radius 2 is 1.04 bits per heavy atom. The summed E-state index contributed by atoms with van der Waals surface area (Å²) in [5.74, 6) is -0.533.